The van der Waals surface area contributed by atoms with Gasteiger partial charge in [-0.2, -0.15) is 10.2 Å². The summed E-state index contributed by atoms with van der Waals surface area (Å²) in [6.07, 6.45) is 1.68. The van der Waals surface area contributed by atoms with Gasteiger partial charge in [0.25, 0.3) is 5.91 Å². The number of methoxy groups -OCH3 is 1. The van der Waals surface area contributed by atoms with E-state index >= 15 is 0 Å². The Labute approximate surface area is 167 Å². The van der Waals surface area contributed by atoms with Crippen molar-refractivity contribution >= 4 is 29.6 Å². The van der Waals surface area contributed by atoms with E-state index in [-0.39, 0.29) is 18.9 Å². The average Bonchev–Trinajstić information content (AvgIpc) is 2.91. The number of nitrogens with one attached hydrogen (secondary N) is 1. The molecule has 1 heterocycles. The van der Waals surface area contributed by atoms with Gasteiger partial charge in [0.15, 0.2) is 18.1 Å². The van der Waals surface area contributed by atoms with Crippen LogP contribution >= 0.6 is 11.6 Å². The highest BCUT2D eigenvalue weighted by Crippen LogP contribution is 2.27. The lowest BCUT2D eigenvalue weighted by Crippen LogP contribution is -2.20. The Morgan fingerprint density at radius 3 is 2.71 bits per heavy atom. The van der Waals surface area contributed by atoms with Gasteiger partial charge in [0.1, 0.15) is 0 Å². The largest absolute Gasteiger partial charge is 0.493 e. The van der Waals surface area contributed by atoms with Crippen molar-refractivity contribution < 1.29 is 19.1 Å². The summed E-state index contributed by atoms with van der Waals surface area (Å²) < 4.78 is 12.2. The number of carbonyl (C=O) groups excluding carboxylic acids is 2. The minimum absolute atomic E-state index is 0.207. The van der Waals surface area contributed by atoms with Gasteiger partial charge >= 0.3 is 0 Å². The molecule has 0 bridgehead atoms. The summed E-state index contributed by atoms with van der Waals surface area (Å²) in [5, 5.41) is 8.81. The highest BCUT2D eigenvalue weighted by atomic mass is 35.5. The topological polar surface area (TPSA) is 121 Å². The molecule has 0 aliphatic heterocycles. The smallest absolute Gasteiger partial charge is 0.255 e. The summed E-state index contributed by atoms with van der Waals surface area (Å²) in [4.78, 5) is 22.8. The standard InChI is InChI=1S/C18H22ClN5O4/c1-11-18(19)12(2)24(23-11)7-6-17(26)22-21-9-13-4-5-14(15(8-13)27-3)28-10-16(20)25/h4-5,8-9H,6-7,10H2,1-3H3,(H2,20,25)(H,22,26)/b21-9+. The molecule has 9 nitrogen and oxygen atoms in total. The van der Waals surface area contributed by atoms with Crippen molar-refractivity contribution in [1.82, 2.24) is 15.2 Å². The fraction of sp³-hybridized carbons (Fsp3) is 0.333. The van der Waals surface area contributed by atoms with Crippen LogP contribution in [0.5, 0.6) is 11.5 Å². The van der Waals surface area contributed by atoms with Crippen LogP contribution in [0, 0.1) is 13.8 Å². The van der Waals surface area contributed by atoms with Gasteiger partial charge in [-0.15, -0.1) is 0 Å². The number of carbonyl (C=O) groups is 2. The first-order chi connectivity index (χ1) is 13.3. The molecular weight excluding hydrogens is 386 g/mol. The number of ether oxygens (including phenoxy) is 2. The molecule has 0 saturated carbocycles. The van der Waals surface area contributed by atoms with Gasteiger partial charge in [0.05, 0.1) is 36.3 Å². The number of hydrazone groups is 1. The molecule has 2 amide bonds. The highest BCUT2D eigenvalue weighted by molar-refractivity contribution is 6.31. The van der Waals surface area contributed by atoms with E-state index in [0.29, 0.717) is 28.6 Å². The number of amides is 2. The van der Waals surface area contributed by atoms with Gasteiger partial charge in [0, 0.05) is 6.42 Å². The number of primary amides is 1. The van der Waals surface area contributed by atoms with Gasteiger partial charge in [-0.25, -0.2) is 5.43 Å². The molecule has 3 N–H and O–H groups in total. The lowest BCUT2D eigenvalue weighted by Gasteiger charge is -2.09. The lowest BCUT2D eigenvalue weighted by atomic mass is 10.2. The van der Waals surface area contributed by atoms with Crippen molar-refractivity contribution in [2.24, 2.45) is 10.8 Å². The third-order valence-electron chi connectivity index (χ3n) is 3.80. The van der Waals surface area contributed by atoms with Crippen LogP contribution in [0.2, 0.25) is 5.02 Å². The normalized spacial score (nSPS) is 10.9. The van der Waals surface area contributed by atoms with E-state index < -0.39 is 5.91 Å². The van der Waals surface area contributed by atoms with Crippen molar-refractivity contribution in [1.29, 1.82) is 0 Å². The third kappa shape index (κ3) is 5.71. The number of aryl methyl sites for hydroxylation is 2. The van der Waals surface area contributed by atoms with E-state index in [4.69, 9.17) is 26.8 Å². The number of benzene rings is 1. The molecule has 28 heavy (non-hydrogen) atoms. The van der Waals surface area contributed by atoms with Crippen LogP contribution in [0.4, 0.5) is 0 Å². The number of hydrogen-bond acceptors (Lipinski definition) is 6. The number of halogens is 1. The molecule has 0 fully saturated rings. The zero-order chi connectivity index (χ0) is 20.7. The molecule has 1 aromatic carbocycles. The van der Waals surface area contributed by atoms with Gasteiger partial charge in [-0.1, -0.05) is 11.6 Å². The lowest BCUT2D eigenvalue weighted by molar-refractivity contribution is -0.121. The summed E-state index contributed by atoms with van der Waals surface area (Å²) in [6, 6.07) is 4.98. The Hall–Kier alpha value is -3.07. The van der Waals surface area contributed by atoms with E-state index in [1.165, 1.54) is 13.3 Å². The van der Waals surface area contributed by atoms with Gasteiger partial charge in [0.2, 0.25) is 5.91 Å². The van der Waals surface area contributed by atoms with Crippen LogP contribution in [-0.4, -0.2) is 41.5 Å². The molecule has 0 saturated heterocycles. The van der Waals surface area contributed by atoms with E-state index in [0.717, 1.165) is 11.4 Å². The Morgan fingerprint density at radius 2 is 2.11 bits per heavy atom. The second kappa shape index (κ2) is 9.75. The maximum atomic E-state index is 11.9. The minimum Gasteiger partial charge on any atom is -0.493 e. The zero-order valence-corrected chi connectivity index (χ0v) is 16.6. The van der Waals surface area contributed by atoms with Crippen molar-refractivity contribution in [2.75, 3.05) is 13.7 Å². The van der Waals surface area contributed by atoms with Crippen molar-refractivity contribution in [3.05, 3.63) is 40.2 Å². The maximum absolute atomic E-state index is 11.9. The first-order valence-corrected chi connectivity index (χ1v) is 8.80. The second-order valence-electron chi connectivity index (χ2n) is 5.92. The SMILES string of the molecule is COc1cc(/C=N/NC(=O)CCn2nc(C)c(Cl)c2C)ccc1OCC(N)=O. The summed E-state index contributed by atoms with van der Waals surface area (Å²) in [5.74, 6) is -0.0459. The zero-order valence-electron chi connectivity index (χ0n) is 15.9. The molecule has 0 unspecified atom stereocenters. The van der Waals surface area contributed by atoms with Crippen LogP contribution in [0.15, 0.2) is 23.3 Å². The average molecular weight is 408 g/mol. The van der Waals surface area contributed by atoms with Crippen LogP contribution in [0.25, 0.3) is 0 Å². The number of rotatable bonds is 9. The number of nitrogens with two attached hydrogens (primary N) is 1. The molecule has 0 aliphatic carbocycles. The second-order valence-corrected chi connectivity index (χ2v) is 6.29. The summed E-state index contributed by atoms with van der Waals surface area (Å²) in [5.41, 5.74) is 9.74. The van der Waals surface area contributed by atoms with Crippen molar-refractivity contribution in [3.8, 4) is 11.5 Å². The van der Waals surface area contributed by atoms with Crippen molar-refractivity contribution in [2.45, 2.75) is 26.8 Å². The monoisotopic (exact) mass is 407 g/mol. The van der Waals surface area contributed by atoms with Gasteiger partial charge in [-0.3, -0.25) is 14.3 Å². The van der Waals surface area contributed by atoms with Crippen LogP contribution < -0.4 is 20.6 Å². The molecule has 0 atom stereocenters. The quantitative estimate of drug-likeness (QED) is 0.482. The Bertz CT molecular complexity index is 894. The molecule has 150 valence electrons. The molecule has 2 rings (SSSR count). The molecule has 0 spiro atoms. The Kier molecular flexibility index (Phi) is 7.39. The fourth-order valence-corrected chi connectivity index (χ4v) is 2.50. The molecule has 10 heteroatoms. The predicted octanol–water partition coefficient (Wildman–Crippen LogP) is 1.57. The van der Waals surface area contributed by atoms with E-state index in [9.17, 15) is 9.59 Å². The molecule has 0 radical (unpaired) electrons. The number of aromatic nitrogens is 2. The van der Waals surface area contributed by atoms with Gasteiger partial charge < -0.3 is 15.2 Å². The first kappa shape index (κ1) is 21.2. The van der Waals surface area contributed by atoms with Crippen LogP contribution in [0.1, 0.15) is 23.4 Å². The van der Waals surface area contributed by atoms with Crippen molar-refractivity contribution in [3.63, 3.8) is 0 Å². The summed E-state index contributed by atoms with van der Waals surface area (Å²) in [6.45, 7) is 3.82. The number of nitrogens with zero attached hydrogens (tertiary/aromatic N) is 3. The fourth-order valence-electron chi connectivity index (χ4n) is 2.37. The summed E-state index contributed by atoms with van der Waals surface area (Å²) >= 11 is 6.09. The Balaban J connectivity index is 1.89. The van der Waals surface area contributed by atoms with Crippen LogP contribution in [0.3, 0.4) is 0 Å². The number of hydrogen-bond donors (Lipinski definition) is 2. The maximum Gasteiger partial charge on any atom is 0.255 e. The summed E-state index contributed by atoms with van der Waals surface area (Å²) in [7, 11) is 1.47. The molecule has 0 aliphatic rings. The van der Waals surface area contributed by atoms with Crippen LogP contribution in [-0.2, 0) is 16.1 Å². The molecule has 2 aromatic rings. The van der Waals surface area contributed by atoms with E-state index in [1.54, 1.807) is 22.9 Å². The molecular formula is C18H22ClN5O4. The van der Waals surface area contributed by atoms with E-state index in [1.807, 2.05) is 13.8 Å². The highest BCUT2D eigenvalue weighted by Gasteiger charge is 2.10. The van der Waals surface area contributed by atoms with E-state index in [2.05, 4.69) is 15.6 Å². The van der Waals surface area contributed by atoms with Gasteiger partial charge in [-0.05, 0) is 37.6 Å². The third-order valence-corrected chi connectivity index (χ3v) is 4.35. The Morgan fingerprint density at radius 1 is 1.36 bits per heavy atom. The predicted molar refractivity (Wildman–Crippen MR) is 105 cm³/mol. The first-order valence-electron chi connectivity index (χ1n) is 8.42. The molecule has 1 aromatic heterocycles. The minimum atomic E-state index is -0.585.